The molecular weight excluding hydrogens is 308 g/mol. The van der Waals surface area contributed by atoms with Crippen LogP contribution in [-0.4, -0.2) is 57.2 Å². The van der Waals surface area contributed by atoms with Crippen LogP contribution < -0.4 is 0 Å². The van der Waals surface area contributed by atoms with Gasteiger partial charge in [0.1, 0.15) is 0 Å². The summed E-state index contributed by atoms with van der Waals surface area (Å²) in [5.41, 5.74) is 1.06. The van der Waals surface area contributed by atoms with Crippen LogP contribution in [0.5, 0.6) is 0 Å². The summed E-state index contributed by atoms with van der Waals surface area (Å²) in [6, 6.07) is 7.03. The van der Waals surface area contributed by atoms with Crippen molar-refractivity contribution in [3.8, 4) is 0 Å². The number of likely N-dealkylation sites (tertiary alicyclic amines) is 1. The fourth-order valence-corrected chi connectivity index (χ4v) is 4.22. The minimum absolute atomic E-state index is 0.356. The zero-order chi connectivity index (χ0) is 15.5. The van der Waals surface area contributed by atoms with E-state index in [9.17, 15) is 8.42 Å². The molecule has 1 aliphatic rings. The van der Waals surface area contributed by atoms with Crippen molar-refractivity contribution in [3.05, 3.63) is 29.8 Å². The third-order valence-corrected chi connectivity index (χ3v) is 6.05. The van der Waals surface area contributed by atoms with Gasteiger partial charge in [0, 0.05) is 26.0 Å². The number of hydrogen-bond acceptors (Lipinski definition) is 3. The Morgan fingerprint density at radius 1 is 1.33 bits per heavy atom. The molecule has 6 heteroatoms. The molecule has 1 heterocycles. The van der Waals surface area contributed by atoms with E-state index in [1.54, 1.807) is 19.2 Å². The third-order valence-electron chi connectivity index (χ3n) is 4.02. The van der Waals surface area contributed by atoms with Gasteiger partial charge in [0.05, 0.1) is 4.90 Å². The van der Waals surface area contributed by atoms with Crippen LogP contribution in [0.15, 0.2) is 29.2 Å². The number of benzene rings is 1. The Balaban J connectivity index is 2.05. The van der Waals surface area contributed by atoms with Gasteiger partial charge < -0.3 is 4.90 Å². The highest BCUT2D eigenvalue weighted by molar-refractivity contribution is 7.89. The number of hydrogen-bond donors (Lipinski definition) is 0. The first-order chi connectivity index (χ1) is 9.93. The molecule has 0 aliphatic carbocycles. The monoisotopic (exact) mass is 330 g/mol. The van der Waals surface area contributed by atoms with Gasteiger partial charge >= 0.3 is 0 Å². The molecule has 1 saturated heterocycles. The molecule has 2 rings (SSSR count). The van der Waals surface area contributed by atoms with Crippen LogP contribution in [0.4, 0.5) is 0 Å². The quantitative estimate of drug-likeness (QED) is 0.749. The highest BCUT2D eigenvalue weighted by Gasteiger charge is 2.27. The number of rotatable bonds is 6. The molecule has 1 aromatic carbocycles. The maximum Gasteiger partial charge on any atom is 0.242 e. The standard InChI is InChI=1S/C15H23ClN2O2S/c1-17-10-8-14(11-17)12-18(2)21(19,20)15-5-3-13(4-6-15)7-9-16/h3-6,14H,7-12H2,1-2H3. The number of alkyl halides is 1. The van der Waals surface area contributed by atoms with Gasteiger partial charge in [0.15, 0.2) is 0 Å². The van der Waals surface area contributed by atoms with Crippen LogP contribution in [0, 0.1) is 5.92 Å². The fraction of sp³-hybridized carbons (Fsp3) is 0.600. The molecular formula is C15H23ClN2O2S. The summed E-state index contributed by atoms with van der Waals surface area (Å²) in [5.74, 6) is 0.964. The van der Waals surface area contributed by atoms with E-state index in [1.165, 1.54) is 4.31 Å². The topological polar surface area (TPSA) is 40.6 Å². The Bertz CT molecular complexity index is 560. The number of nitrogens with zero attached hydrogens (tertiary/aromatic N) is 2. The Hall–Kier alpha value is -0.620. The highest BCUT2D eigenvalue weighted by atomic mass is 35.5. The Kier molecular flexibility index (Phi) is 5.66. The summed E-state index contributed by atoms with van der Waals surface area (Å²) in [6.07, 6.45) is 1.82. The molecule has 0 radical (unpaired) electrons. The first-order valence-electron chi connectivity index (χ1n) is 7.23. The summed E-state index contributed by atoms with van der Waals surface area (Å²) in [4.78, 5) is 2.60. The SMILES string of the molecule is CN1CCC(CN(C)S(=O)(=O)c2ccc(CCCl)cc2)C1. The molecule has 0 aromatic heterocycles. The molecule has 1 aliphatic heterocycles. The van der Waals surface area contributed by atoms with E-state index < -0.39 is 10.0 Å². The Labute approximate surface area is 132 Å². The van der Waals surface area contributed by atoms with E-state index >= 15 is 0 Å². The van der Waals surface area contributed by atoms with Crippen molar-refractivity contribution in [1.82, 2.24) is 9.21 Å². The van der Waals surface area contributed by atoms with E-state index in [0.29, 0.717) is 23.2 Å². The summed E-state index contributed by atoms with van der Waals surface area (Å²) in [7, 11) is 0.347. The second-order valence-corrected chi connectivity index (χ2v) is 8.21. The number of halogens is 1. The van der Waals surface area contributed by atoms with E-state index in [1.807, 2.05) is 12.1 Å². The predicted molar refractivity (Wildman–Crippen MR) is 86.3 cm³/mol. The summed E-state index contributed by atoms with van der Waals surface area (Å²) < 4.78 is 26.6. The zero-order valence-electron chi connectivity index (χ0n) is 12.6. The molecule has 0 amide bonds. The Morgan fingerprint density at radius 3 is 2.52 bits per heavy atom. The van der Waals surface area contributed by atoms with Crippen LogP contribution in [0.25, 0.3) is 0 Å². The van der Waals surface area contributed by atoms with Crippen molar-refractivity contribution in [2.75, 3.05) is 39.6 Å². The molecule has 118 valence electrons. The zero-order valence-corrected chi connectivity index (χ0v) is 14.2. The molecule has 1 fully saturated rings. The van der Waals surface area contributed by atoms with E-state index in [-0.39, 0.29) is 0 Å². The summed E-state index contributed by atoms with van der Waals surface area (Å²) >= 11 is 5.69. The van der Waals surface area contributed by atoms with Crippen LogP contribution in [0.2, 0.25) is 0 Å². The normalized spacial score (nSPS) is 20.3. The van der Waals surface area contributed by atoms with Gasteiger partial charge in [-0.15, -0.1) is 11.6 Å². The maximum absolute atomic E-state index is 12.6. The predicted octanol–water partition coefficient (Wildman–Crippen LogP) is 2.04. The number of sulfonamides is 1. The second kappa shape index (κ2) is 7.09. The first kappa shape index (κ1) is 16.7. The van der Waals surface area contributed by atoms with E-state index in [2.05, 4.69) is 11.9 Å². The maximum atomic E-state index is 12.6. The van der Waals surface area contributed by atoms with Gasteiger partial charge in [0.25, 0.3) is 0 Å². The lowest BCUT2D eigenvalue weighted by molar-refractivity contribution is 0.357. The van der Waals surface area contributed by atoms with E-state index in [4.69, 9.17) is 11.6 Å². The Morgan fingerprint density at radius 2 is 2.00 bits per heavy atom. The van der Waals surface area contributed by atoms with Gasteiger partial charge in [-0.25, -0.2) is 12.7 Å². The molecule has 0 saturated carbocycles. The average molecular weight is 331 g/mol. The molecule has 1 aromatic rings. The van der Waals surface area contributed by atoms with Crippen LogP contribution in [-0.2, 0) is 16.4 Å². The van der Waals surface area contributed by atoms with Crippen molar-refractivity contribution < 1.29 is 8.42 Å². The van der Waals surface area contributed by atoms with Crippen molar-refractivity contribution in [2.24, 2.45) is 5.92 Å². The molecule has 4 nitrogen and oxygen atoms in total. The van der Waals surface area contributed by atoms with Crippen LogP contribution >= 0.6 is 11.6 Å². The molecule has 0 spiro atoms. The lowest BCUT2D eigenvalue weighted by atomic mass is 10.1. The molecule has 0 bridgehead atoms. The van der Waals surface area contributed by atoms with Gasteiger partial charge in [0.2, 0.25) is 10.0 Å². The fourth-order valence-electron chi connectivity index (χ4n) is 2.75. The van der Waals surface area contributed by atoms with Gasteiger partial charge in [-0.2, -0.15) is 0 Å². The largest absolute Gasteiger partial charge is 0.306 e. The smallest absolute Gasteiger partial charge is 0.242 e. The minimum Gasteiger partial charge on any atom is -0.306 e. The van der Waals surface area contributed by atoms with Crippen molar-refractivity contribution in [3.63, 3.8) is 0 Å². The first-order valence-corrected chi connectivity index (χ1v) is 9.20. The lowest BCUT2D eigenvalue weighted by Gasteiger charge is -2.21. The van der Waals surface area contributed by atoms with Crippen LogP contribution in [0.3, 0.4) is 0 Å². The van der Waals surface area contributed by atoms with Crippen molar-refractivity contribution in [1.29, 1.82) is 0 Å². The second-order valence-electron chi connectivity index (χ2n) is 5.79. The van der Waals surface area contributed by atoms with Crippen molar-refractivity contribution in [2.45, 2.75) is 17.7 Å². The van der Waals surface area contributed by atoms with Gasteiger partial charge in [-0.05, 0) is 50.0 Å². The molecule has 1 atom stereocenters. The molecule has 1 unspecified atom stereocenters. The number of aryl methyl sites for hydroxylation is 1. The van der Waals surface area contributed by atoms with Crippen LogP contribution in [0.1, 0.15) is 12.0 Å². The summed E-state index contributed by atoms with van der Waals surface area (Å²) in [6.45, 7) is 2.59. The van der Waals surface area contributed by atoms with Crippen molar-refractivity contribution >= 4 is 21.6 Å². The molecule has 0 N–H and O–H groups in total. The summed E-state index contributed by atoms with van der Waals surface area (Å²) in [5, 5.41) is 0. The van der Waals surface area contributed by atoms with Gasteiger partial charge in [-0.1, -0.05) is 12.1 Å². The molecule has 21 heavy (non-hydrogen) atoms. The lowest BCUT2D eigenvalue weighted by Crippen LogP contribution is -2.32. The average Bonchev–Trinajstić information content (AvgIpc) is 2.85. The third kappa shape index (κ3) is 4.19. The highest BCUT2D eigenvalue weighted by Crippen LogP contribution is 2.20. The van der Waals surface area contributed by atoms with E-state index in [0.717, 1.165) is 31.5 Å². The van der Waals surface area contributed by atoms with Gasteiger partial charge in [-0.3, -0.25) is 0 Å². The minimum atomic E-state index is -3.39.